The number of rotatable bonds is 2. The quantitative estimate of drug-likeness (QED) is 0.769. The topological polar surface area (TPSA) is 43.1 Å². The number of carbonyl (C=O) groups excluding carboxylic acids is 1. The Balaban J connectivity index is 2.47. The van der Waals surface area contributed by atoms with Crippen LogP contribution in [-0.4, -0.2) is 12.5 Å². The van der Waals surface area contributed by atoms with E-state index in [0.717, 1.165) is 17.5 Å². The molecule has 1 aromatic carbocycles. The van der Waals surface area contributed by atoms with Gasteiger partial charge in [-0.05, 0) is 24.0 Å². The average Bonchev–Trinajstić information content (AvgIpc) is 2.58. The van der Waals surface area contributed by atoms with E-state index in [1.807, 2.05) is 24.3 Å². The first-order valence-corrected chi connectivity index (χ1v) is 4.65. The van der Waals surface area contributed by atoms with Crippen LogP contribution >= 0.6 is 0 Å². The van der Waals surface area contributed by atoms with Crippen LogP contribution < -0.4 is 5.73 Å². The fraction of sp³-hybridized carbons (Fsp3) is 0.364. The summed E-state index contributed by atoms with van der Waals surface area (Å²) in [5, 5.41) is 0. The normalized spacial score (nSPS) is 24.7. The zero-order valence-corrected chi connectivity index (χ0v) is 7.79. The third kappa shape index (κ3) is 1.16. The van der Waals surface area contributed by atoms with Gasteiger partial charge in [-0.25, -0.2) is 4.39 Å². The van der Waals surface area contributed by atoms with E-state index >= 15 is 0 Å². The minimum Gasteiger partial charge on any atom is -0.315 e. The van der Waals surface area contributed by atoms with Crippen molar-refractivity contribution >= 4 is 5.78 Å². The number of hydrogen-bond acceptors (Lipinski definition) is 2. The van der Waals surface area contributed by atoms with E-state index in [1.165, 1.54) is 0 Å². The van der Waals surface area contributed by atoms with E-state index in [2.05, 4.69) is 0 Å². The molecule has 0 amide bonds. The number of nitrogens with two attached hydrogens (primary N) is 1. The van der Waals surface area contributed by atoms with Crippen molar-refractivity contribution in [3.05, 3.63) is 35.4 Å². The highest BCUT2D eigenvalue weighted by atomic mass is 19.1. The first-order chi connectivity index (χ1) is 6.68. The zero-order chi connectivity index (χ0) is 10.2. The van der Waals surface area contributed by atoms with E-state index < -0.39 is 18.0 Å². The molecule has 0 aliphatic heterocycles. The smallest absolute Gasteiger partial charge is 0.188 e. The molecule has 1 aromatic rings. The second-order valence-electron chi connectivity index (χ2n) is 3.69. The van der Waals surface area contributed by atoms with Crippen LogP contribution in [0.15, 0.2) is 24.3 Å². The van der Waals surface area contributed by atoms with Gasteiger partial charge in [-0.15, -0.1) is 0 Å². The summed E-state index contributed by atoms with van der Waals surface area (Å²) in [6, 6.07) is 7.49. The maximum atomic E-state index is 12.3. The third-order valence-corrected chi connectivity index (χ3v) is 2.91. The Kier molecular flexibility index (Phi) is 2.11. The van der Waals surface area contributed by atoms with Gasteiger partial charge < -0.3 is 5.73 Å². The number of aryl methyl sites for hydroxylation is 1. The molecule has 2 nitrogen and oxygen atoms in total. The molecular weight excluding hydrogens is 181 g/mol. The standard InChI is InChI=1S/C11H12FNO/c12-7-10(14)11(13)6-5-8-3-1-2-4-9(8)11/h1-4H,5-7,13H2. The minimum atomic E-state index is -1.08. The Morgan fingerprint density at radius 2 is 2.21 bits per heavy atom. The van der Waals surface area contributed by atoms with E-state index in [-0.39, 0.29) is 0 Å². The van der Waals surface area contributed by atoms with Crippen LogP contribution in [0.1, 0.15) is 17.5 Å². The summed E-state index contributed by atoms with van der Waals surface area (Å²) in [6.45, 7) is -0.981. The number of carbonyl (C=O) groups is 1. The molecule has 1 atom stereocenters. The molecule has 1 aliphatic carbocycles. The monoisotopic (exact) mass is 193 g/mol. The summed E-state index contributed by atoms with van der Waals surface area (Å²) >= 11 is 0. The predicted octanol–water partition coefficient (Wildman–Crippen LogP) is 1.33. The number of alkyl halides is 1. The van der Waals surface area contributed by atoms with Crippen LogP contribution in [0.3, 0.4) is 0 Å². The van der Waals surface area contributed by atoms with Gasteiger partial charge in [-0.2, -0.15) is 0 Å². The number of hydrogen-bond donors (Lipinski definition) is 1. The van der Waals surface area contributed by atoms with Crippen LogP contribution in [-0.2, 0) is 16.8 Å². The molecule has 74 valence electrons. The lowest BCUT2D eigenvalue weighted by Gasteiger charge is -2.21. The summed E-state index contributed by atoms with van der Waals surface area (Å²) in [6.07, 6.45) is 1.29. The van der Waals surface area contributed by atoms with Gasteiger partial charge in [0.25, 0.3) is 0 Å². The highest BCUT2D eigenvalue weighted by Gasteiger charge is 2.40. The van der Waals surface area contributed by atoms with Crippen LogP contribution in [0.4, 0.5) is 4.39 Å². The summed E-state index contributed by atoms with van der Waals surface area (Å²) in [4.78, 5) is 11.4. The van der Waals surface area contributed by atoms with E-state index in [1.54, 1.807) is 0 Å². The molecule has 0 saturated heterocycles. The second kappa shape index (κ2) is 3.17. The number of benzene rings is 1. The minimum absolute atomic E-state index is 0.512. The fourth-order valence-corrected chi connectivity index (χ4v) is 2.05. The van der Waals surface area contributed by atoms with Gasteiger partial charge in [0.05, 0.1) is 0 Å². The fourth-order valence-electron chi connectivity index (χ4n) is 2.05. The lowest BCUT2D eigenvalue weighted by Crippen LogP contribution is -2.43. The summed E-state index contributed by atoms with van der Waals surface area (Å²) in [7, 11) is 0. The Morgan fingerprint density at radius 1 is 1.50 bits per heavy atom. The van der Waals surface area contributed by atoms with Crippen molar-refractivity contribution in [1.29, 1.82) is 0 Å². The maximum Gasteiger partial charge on any atom is 0.188 e. The molecule has 0 bridgehead atoms. The SMILES string of the molecule is NC1(C(=O)CF)CCc2ccccc21. The van der Waals surface area contributed by atoms with Gasteiger partial charge in [0.15, 0.2) is 12.5 Å². The highest BCUT2D eigenvalue weighted by molar-refractivity contribution is 5.91. The Morgan fingerprint density at radius 3 is 2.93 bits per heavy atom. The molecular formula is C11H12FNO. The molecule has 3 heteroatoms. The van der Waals surface area contributed by atoms with Gasteiger partial charge >= 0.3 is 0 Å². The number of Topliss-reactive ketones (excluding diaryl/α,β-unsaturated/α-hetero) is 1. The molecule has 1 aliphatic rings. The molecule has 2 N–H and O–H groups in total. The van der Waals surface area contributed by atoms with Crippen LogP contribution in [0.25, 0.3) is 0 Å². The Hall–Kier alpha value is -1.22. The molecule has 0 fully saturated rings. The Labute approximate surface area is 81.9 Å². The highest BCUT2D eigenvalue weighted by Crippen LogP contribution is 2.35. The average molecular weight is 193 g/mol. The Bertz CT molecular complexity index is 377. The number of fused-ring (bicyclic) bond motifs is 1. The van der Waals surface area contributed by atoms with Crippen molar-refractivity contribution in [2.75, 3.05) is 6.67 Å². The van der Waals surface area contributed by atoms with Gasteiger partial charge in [0.1, 0.15) is 5.54 Å². The van der Waals surface area contributed by atoms with Crippen molar-refractivity contribution in [3.63, 3.8) is 0 Å². The third-order valence-electron chi connectivity index (χ3n) is 2.91. The molecule has 0 saturated carbocycles. The molecule has 2 rings (SSSR count). The molecule has 14 heavy (non-hydrogen) atoms. The molecule has 0 heterocycles. The van der Waals surface area contributed by atoms with Crippen molar-refractivity contribution in [2.45, 2.75) is 18.4 Å². The molecule has 0 spiro atoms. The van der Waals surface area contributed by atoms with Crippen LogP contribution in [0.5, 0.6) is 0 Å². The molecule has 0 aromatic heterocycles. The van der Waals surface area contributed by atoms with E-state index in [9.17, 15) is 9.18 Å². The first-order valence-electron chi connectivity index (χ1n) is 4.65. The van der Waals surface area contributed by atoms with Crippen LogP contribution in [0.2, 0.25) is 0 Å². The number of halogens is 1. The van der Waals surface area contributed by atoms with Crippen molar-refractivity contribution in [2.24, 2.45) is 5.73 Å². The van der Waals surface area contributed by atoms with Crippen molar-refractivity contribution in [3.8, 4) is 0 Å². The zero-order valence-electron chi connectivity index (χ0n) is 7.79. The lowest BCUT2D eigenvalue weighted by atomic mass is 9.89. The second-order valence-corrected chi connectivity index (χ2v) is 3.69. The van der Waals surface area contributed by atoms with Crippen molar-refractivity contribution < 1.29 is 9.18 Å². The number of ketones is 1. The van der Waals surface area contributed by atoms with Crippen LogP contribution in [0, 0.1) is 0 Å². The lowest BCUT2D eigenvalue weighted by molar-refractivity contribution is -0.125. The predicted molar refractivity (Wildman–Crippen MR) is 51.6 cm³/mol. The first kappa shape index (κ1) is 9.34. The van der Waals surface area contributed by atoms with E-state index in [0.29, 0.717) is 6.42 Å². The summed E-state index contributed by atoms with van der Waals surface area (Å²) in [5.41, 5.74) is 6.72. The van der Waals surface area contributed by atoms with E-state index in [4.69, 9.17) is 5.73 Å². The maximum absolute atomic E-state index is 12.3. The van der Waals surface area contributed by atoms with Crippen molar-refractivity contribution in [1.82, 2.24) is 0 Å². The van der Waals surface area contributed by atoms with Gasteiger partial charge in [-0.3, -0.25) is 4.79 Å². The van der Waals surface area contributed by atoms with Gasteiger partial charge in [0.2, 0.25) is 0 Å². The van der Waals surface area contributed by atoms with Gasteiger partial charge in [0, 0.05) is 0 Å². The molecule has 1 unspecified atom stereocenters. The largest absolute Gasteiger partial charge is 0.315 e. The summed E-state index contributed by atoms with van der Waals surface area (Å²) < 4.78 is 12.3. The van der Waals surface area contributed by atoms with Gasteiger partial charge in [-0.1, -0.05) is 24.3 Å². The molecule has 0 radical (unpaired) electrons. The summed E-state index contributed by atoms with van der Waals surface area (Å²) in [5.74, 6) is -0.512.